The van der Waals surface area contributed by atoms with Crippen LogP contribution in [-0.4, -0.2) is 35.6 Å². The number of ether oxygens (including phenoxy) is 1. The Morgan fingerprint density at radius 3 is 2.92 bits per heavy atom. The molecule has 2 heterocycles. The van der Waals surface area contributed by atoms with Crippen molar-refractivity contribution in [2.75, 3.05) is 19.6 Å². The van der Waals surface area contributed by atoms with Gasteiger partial charge >= 0.3 is 0 Å². The maximum Gasteiger partial charge on any atom is 0.140 e. The maximum absolute atomic E-state index is 6.67. The Kier molecular flexibility index (Phi) is 3.95. The van der Waals surface area contributed by atoms with Crippen LogP contribution >= 0.6 is 0 Å². The van der Waals surface area contributed by atoms with Crippen molar-refractivity contribution in [3.05, 3.63) is 65.9 Å². The van der Waals surface area contributed by atoms with E-state index < -0.39 is 0 Å². The first-order valence-electron chi connectivity index (χ1n) is 9.58. The van der Waals surface area contributed by atoms with Crippen LogP contribution in [0.15, 0.2) is 54.7 Å². The topological polar surface area (TPSA) is 54.3 Å². The van der Waals surface area contributed by atoms with Crippen LogP contribution in [0, 0.1) is 5.92 Å². The summed E-state index contributed by atoms with van der Waals surface area (Å²) in [6.45, 7) is 2.99. The largest absolute Gasteiger partial charge is 0.483 e. The summed E-state index contributed by atoms with van der Waals surface area (Å²) in [6.07, 6.45) is 4.30. The molecule has 5 rings (SSSR count). The summed E-state index contributed by atoms with van der Waals surface area (Å²) in [5.41, 5.74) is 9.80. The smallest absolute Gasteiger partial charge is 0.140 e. The van der Waals surface area contributed by atoms with Gasteiger partial charge in [-0.05, 0) is 61.2 Å². The Morgan fingerprint density at radius 1 is 1.12 bits per heavy atom. The number of rotatable bonds is 4. The molecule has 1 saturated heterocycles. The second-order valence-electron chi connectivity index (χ2n) is 7.59. The van der Waals surface area contributed by atoms with Crippen LogP contribution in [0.5, 0.6) is 5.75 Å². The fraction of sp³-hybridized carbons (Fsp3) is 0.364. The molecule has 1 aliphatic carbocycles. The summed E-state index contributed by atoms with van der Waals surface area (Å²) in [4.78, 5) is 5.88. The normalized spacial score (nSPS) is 25.7. The lowest BCUT2D eigenvalue weighted by Gasteiger charge is -2.30. The fourth-order valence-corrected chi connectivity index (χ4v) is 4.65. The molecule has 1 aliphatic heterocycles. The van der Waals surface area contributed by atoms with E-state index in [9.17, 15) is 0 Å². The van der Waals surface area contributed by atoms with Gasteiger partial charge in [-0.15, -0.1) is 0 Å². The highest BCUT2D eigenvalue weighted by molar-refractivity contribution is 5.85. The van der Waals surface area contributed by atoms with Crippen LogP contribution in [0.1, 0.15) is 23.7 Å². The molecule has 3 atom stereocenters. The summed E-state index contributed by atoms with van der Waals surface area (Å²) in [7, 11) is 0. The van der Waals surface area contributed by atoms with Crippen molar-refractivity contribution in [2.24, 2.45) is 11.7 Å². The number of hydrogen-bond donors (Lipinski definition) is 2. The minimum absolute atomic E-state index is 0.0724. The number of benzene rings is 2. The van der Waals surface area contributed by atoms with Crippen LogP contribution in [-0.2, 0) is 6.42 Å². The van der Waals surface area contributed by atoms with Crippen LogP contribution in [0.2, 0.25) is 0 Å². The van der Waals surface area contributed by atoms with E-state index in [-0.39, 0.29) is 6.10 Å². The van der Waals surface area contributed by atoms with E-state index in [0.29, 0.717) is 12.0 Å². The van der Waals surface area contributed by atoms with Gasteiger partial charge in [-0.3, -0.25) is 4.90 Å². The van der Waals surface area contributed by atoms with Crippen molar-refractivity contribution < 1.29 is 4.74 Å². The van der Waals surface area contributed by atoms with E-state index in [1.807, 2.05) is 6.20 Å². The number of H-pyrrole nitrogens is 1. The van der Waals surface area contributed by atoms with Gasteiger partial charge in [-0.2, -0.15) is 0 Å². The quantitative estimate of drug-likeness (QED) is 0.759. The van der Waals surface area contributed by atoms with E-state index in [1.54, 1.807) is 0 Å². The zero-order valence-electron chi connectivity index (χ0n) is 14.9. The molecule has 1 fully saturated rings. The van der Waals surface area contributed by atoms with Gasteiger partial charge in [0, 0.05) is 23.6 Å². The number of aromatic nitrogens is 1. The highest BCUT2D eigenvalue weighted by Crippen LogP contribution is 2.40. The van der Waals surface area contributed by atoms with Crippen LogP contribution in [0.4, 0.5) is 0 Å². The summed E-state index contributed by atoms with van der Waals surface area (Å²) in [5.74, 6) is 1.58. The molecule has 26 heavy (non-hydrogen) atoms. The molecular formula is C22H25N3O. The number of hydrogen-bond acceptors (Lipinski definition) is 3. The summed E-state index contributed by atoms with van der Waals surface area (Å²) >= 11 is 0. The molecule has 3 aromatic rings. The average Bonchev–Trinajstić information content (AvgIpc) is 3.40. The lowest BCUT2D eigenvalue weighted by Crippen LogP contribution is -2.39. The second kappa shape index (κ2) is 6.45. The molecule has 2 aliphatic rings. The first kappa shape index (κ1) is 15.9. The van der Waals surface area contributed by atoms with E-state index in [1.165, 1.54) is 17.5 Å². The molecule has 1 unspecified atom stereocenters. The van der Waals surface area contributed by atoms with Gasteiger partial charge in [0.2, 0.25) is 0 Å². The molecule has 0 bridgehead atoms. The molecule has 4 heteroatoms. The lowest BCUT2D eigenvalue weighted by atomic mass is 10.1. The number of fused-ring (bicyclic) bond motifs is 2. The minimum Gasteiger partial charge on any atom is -0.483 e. The van der Waals surface area contributed by atoms with Crippen molar-refractivity contribution in [1.29, 1.82) is 0 Å². The zero-order valence-corrected chi connectivity index (χ0v) is 14.9. The monoisotopic (exact) mass is 347 g/mol. The number of nitrogens with one attached hydrogen (secondary N) is 1. The molecule has 0 saturated carbocycles. The van der Waals surface area contributed by atoms with E-state index in [2.05, 4.69) is 58.4 Å². The lowest BCUT2D eigenvalue weighted by molar-refractivity contribution is 0.0930. The molecule has 0 radical (unpaired) electrons. The van der Waals surface area contributed by atoms with Gasteiger partial charge in [0.05, 0.1) is 6.04 Å². The van der Waals surface area contributed by atoms with Gasteiger partial charge in [-0.1, -0.05) is 30.3 Å². The van der Waals surface area contributed by atoms with E-state index in [4.69, 9.17) is 10.5 Å². The SMILES string of the molecule is NCC1CCN([C@@H]2Cc3ccccc3[C@H]2Oc2cccc3[nH]ccc23)C1. The Balaban J connectivity index is 1.49. The van der Waals surface area contributed by atoms with Gasteiger partial charge in [0.1, 0.15) is 11.9 Å². The number of nitrogens with zero attached hydrogens (tertiary/aromatic N) is 1. The predicted molar refractivity (Wildman–Crippen MR) is 104 cm³/mol. The Hall–Kier alpha value is -2.30. The third-order valence-corrected chi connectivity index (χ3v) is 6.07. The zero-order chi connectivity index (χ0) is 17.5. The number of nitrogens with two attached hydrogens (primary N) is 1. The standard InChI is InChI=1S/C22H25N3O/c23-13-15-9-11-25(14-15)20-12-16-4-1-2-5-17(16)22(20)26-21-7-3-6-19-18(21)8-10-24-19/h1-8,10,15,20,22,24H,9,11-14,23H2/t15?,20-,22-/m1/s1. The average molecular weight is 347 g/mol. The first-order valence-corrected chi connectivity index (χ1v) is 9.58. The Morgan fingerprint density at radius 2 is 2.04 bits per heavy atom. The number of likely N-dealkylation sites (tertiary alicyclic amines) is 1. The molecule has 134 valence electrons. The molecular weight excluding hydrogens is 322 g/mol. The van der Waals surface area contributed by atoms with Crippen molar-refractivity contribution in [1.82, 2.24) is 9.88 Å². The first-order chi connectivity index (χ1) is 12.8. The Labute approximate surface area is 154 Å². The van der Waals surface area contributed by atoms with Gasteiger partial charge < -0.3 is 15.5 Å². The van der Waals surface area contributed by atoms with Gasteiger partial charge in [0.25, 0.3) is 0 Å². The molecule has 1 aromatic heterocycles. The predicted octanol–water partition coefficient (Wildman–Crippen LogP) is 3.49. The van der Waals surface area contributed by atoms with Crippen LogP contribution in [0.3, 0.4) is 0 Å². The summed E-state index contributed by atoms with van der Waals surface area (Å²) < 4.78 is 6.67. The second-order valence-corrected chi connectivity index (χ2v) is 7.59. The number of aromatic amines is 1. The maximum atomic E-state index is 6.67. The van der Waals surface area contributed by atoms with Gasteiger partial charge in [0.15, 0.2) is 0 Å². The van der Waals surface area contributed by atoms with Crippen molar-refractivity contribution in [3.63, 3.8) is 0 Å². The molecule has 3 N–H and O–H groups in total. The van der Waals surface area contributed by atoms with Crippen molar-refractivity contribution in [2.45, 2.75) is 25.0 Å². The minimum atomic E-state index is 0.0724. The third-order valence-electron chi connectivity index (χ3n) is 6.07. The van der Waals surface area contributed by atoms with Crippen molar-refractivity contribution >= 4 is 10.9 Å². The van der Waals surface area contributed by atoms with E-state index in [0.717, 1.165) is 42.7 Å². The highest BCUT2D eigenvalue weighted by Gasteiger charge is 2.40. The van der Waals surface area contributed by atoms with E-state index >= 15 is 0 Å². The van der Waals surface area contributed by atoms with Crippen LogP contribution < -0.4 is 10.5 Å². The molecule has 4 nitrogen and oxygen atoms in total. The summed E-state index contributed by atoms with van der Waals surface area (Å²) in [6, 6.07) is 17.5. The molecule has 0 amide bonds. The van der Waals surface area contributed by atoms with Gasteiger partial charge in [-0.25, -0.2) is 0 Å². The van der Waals surface area contributed by atoms with Crippen molar-refractivity contribution in [3.8, 4) is 5.75 Å². The highest BCUT2D eigenvalue weighted by atomic mass is 16.5. The fourth-order valence-electron chi connectivity index (χ4n) is 4.65. The Bertz CT molecular complexity index is 918. The molecule has 2 aromatic carbocycles. The van der Waals surface area contributed by atoms with Crippen LogP contribution in [0.25, 0.3) is 10.9 Å². The molecule has 0 spiro atoms. The summed E-state index contributed by atoms with van der Waals surface area (Å²) in [5, 5.41) is 1.15. The third kappa shape index (κ3) is 2.61.